The quantitative estimate of drug-likeness (QED) is 0.374. The molecule has 78 valence electrons. The fourth-order valence-corrected chi connectivity index (χ4v) is 1.12. The Morgan fingerprint density at radius 2 is 2.21 bits per heavy atom. The first-order valence-electron chi connectivity index (χ1n) is 4.04. The van der Waals surface area contributed by atoms with Gasteiger partial charge in [0, 0.05) is 13.7 Å². The summed E-state index contributed by atoms with van der Waals surface area (Å²) in [6.07, 6.45) is 0. The minimum atomic E-state index is -1.92. The molecule has 1 aliphatic heterocycles. The van der Waals surface area contributed by atoms with Crippen LogP contribution >= 0.6 is 0 Å². The summed E-state index contributed by atoms with van der Waals surface area (Å²) < 4.78 is 4.74. The van der Waals surface area contributed by atoms with Gasteiger partial charge in [-0.1, -0.05) is 0 Å². The Morgan fingerprint density at radius 3 is 2.57 bits per heavy atom. The lowest BCUT2D eigenvalue weighted by molar-refractivity contribution is -0.156. The Labute approximate surface area is 80.2 Å². The smallest absolute Gasteiger partial charge is 0.324 e. The standard InChI is InChI=1S/C7H11N3O4/c1-3-8-4(11)7(14-2)5(12)9-6(13)10-7/h3H2,1-2H3,(H,8,11)(H2,9,10,12,13). The summed E-state index contributed by atoms with van der Waals surface area (Å²) in [6, 6.07) is -0.747. The average Bonchev–Trinajstić information content (AvgIpc) is 2.42. The third-order valence-corrected chi connectivity index (χ3v) is 1.80. The number of likely N-dealkylation sites (N-methyl/N-ethyl adjacent to an activating group) is 1. The molecule has 0 radical (unpaired) electrons. The Kier molecular flexibility index (Phi) is 2.70. The first-order valence-corrected chi connectivity index (χ1v) is 4.04. The SMILES string of the molecule is CCNC(=O)C1(OC)NC(=O)NC1=O. The predicted octanol–water partition coefficient (Wildman–Crippen LogP) is -1.70. The minimum absolute atomic E-state index is 0.340. The van der Waals surface area contributed by atoms with Crippen LogP contribution in [0.1, 0.15) is 6.92 Å². The fourth-order valence-electron chi connectivity index (χ4n) is 1.12. The van der Waals surface area contributed by atoms with Crippen molar-refractivity contribution in [1.29, 1.82) is 0 Å². The Hall–Kier alpha value is -1.63. The van der Waals surface area contributed by atoms with Crippen LogP contribution in [-0.4, -0.2) is 37.2 Å². The van der Waals surface area contributed by atoms with Gasteiger partial charge in [-0.3, -0.25) is 20.2 Å². The molecular weight excluding hydrogens is 190 g/mol. The van der Waals surface area contributed by atoms with Crippen molar-refractivity contribution < 1.29 is 19.1 Å². The van der Waals surface area contributed by atoms with Crippen molar-refractivity contribution in [2.24, 2.45) is 0 Å². The van der Waals surface area contributed by atoms with Crippen molar-refractivity contribution >= 4 is 17.8 Å². The summed E-state index contributed by atoms with van der Waals surface area (Å²) in [6.45, 7) is 2.03. The maximum Gasteiger partial charge on any atom is 0.324 e. The van der Waals surface area contributed by atoms with Crippen LogP contribution in [0.25, 0.3) is 0 Å². The molecule has 1 heterocycles. The van der Waals surface area contributed by atoms with Gasteiger partial charge in [-0.05, 0) is 6.92 Å². The van der Waals surface area contributed by atoms with Gasteiger partial charge in [-0.25, -0.2) is 4.79 Å². The summed E-state index contributed by atoms with van der Waals surface area (Å²) in [7, 11) is 1.17. The molecule has 0 saturated carbocycles. The molecule has 1 aliphatic rings. The molecule has 0 aromatic heterocycles. The molecule has 0 aromatic rings. The molecule has 0 bridgehead atoms. The highest BCUT2D eigenvalue weighted by atomic mass is 16.5. The molecule has 1 fully saturated rings. The first kappa shape index (κ1) is 10.5. The molecule has 14 heavy (non-hydrogen) atoms. The highest BCUT2D eigenvalue weighted by Crippen LogP contribution is 2.11. The van der Waals surface area contributed by atoms with Crippen LogP contribution in [-0.2, 0) is 14.3 Å². The summed E-state index contributed by atoms with van der Waals surface area (Å²) in [4.78, 5) is 33.5. The zero-order valence-corrected chi connectivity index (χ0v) is 7.84. The minimum Gasteiger partial charge on any atom is -0.352 e. The number of urea groups is 1. The van der Waals surface area contributed by atoms with Gasteiger partial charge in [0.1, 0.15) is 0 Å². The maximum absolute atomic E-state index is 11.4. The van der Waals surface area contributed by atoms with Crippen molar-refractivity contribution in [2.75, 3.05) is 13.7 Å². The van der Waals surface area contributed by atoms with E-state index >= 15 is 0 Å². The summed E-state index contributed by atoms with van der Waals surface area (Å²) in [5.41, 5.74) is -1.92. The second-order valence-electron chi connectivity index (χ2n) is 2.65. The van der Waals surface area contributed by atoms with Gasteiger partial charge in [0.25, 0.3) is 11.8 Å². The fraction of sp³-hybridized carbons (Fsp3) is 0.571. The molecule has 3 N–H and O–H groups in total. The third-order valence-electron chi connectivity index (χ3n) is 1.80. The van der Waals surface area contributed by atoms with Gasteiger partial charge in [0.15, 0.2) is 0 Å². The lowest BCUT2D eigenvalue weighted by atomic mass is 10.2. The van der Waals surface area contributed by atoms with E-state index in [0.29, 0.717) is 6.54 Å². The molecule has 1 rings (SSSR count). The number of hydrogen-bond donors (Lipinski definition) is 3. The monoisotopic (exact) mass is 201 g/mol. The molecule has 1 atom stereocenters. The van der Waals surface area contributed by atoms with Gasteiger partial charge in [0.2, 0.25) is 0 Å². The van der Waals surface area contributed by atoms with Crippen molar-refractivity contribution in [3.63, 3.8) is 0 Å². The Morgan fingerprint density at radius 1 is 1.57 bits per heavy atom. The zero-order valence-electron chi connectivity index (χ0n) is 7.84. The van der Waals surface area contributed by atoms with Crippen LogP contribution in [0.15, 0.2) is 0 Å². The van der Waals surface area contributed by atoms with E-state index in [1.54, 1.807) is 6.92 Å². The number of imide groups is 1. The van der Waals surface area contributed by atoms with E-state index in [4.69, 9.17) is 4.74 Å². The third kappa shape index (κ3) is 1.41. The van der Waals surface area contributed by atoms with E-state index in [2.05, 4.69) is 10.6 Å². The summed E-state index contributed by atoms with van der Waals surface area (Å²) in [5.74, 6) is -1.50. The molecule has 1 saturated heterocycles. The van der Waals surface area contributed by atoms with E-state index in [-0.39, 0.29) is 0 Å². The lowest BCUT2D eigenvalue weighted by Crippen LogP contribution is -2.60. The number of amides is 4. The average molecular weight is 201 g/mol. The van der Waals surface area contributed by atoms with Gasteiger partial charge >= 0.3 is 11.8 Å². The number of methoxy groups -OCH3 is 1. The van der Waals surface area contributed by atoms with Crippen LogP contribution in [0.2, 0.25) is 0 Å². The Balaban J connectivity index is 2.91. The highest BCUT2D eigenvalue weighted by molar-refractivity contribution is 6.18. The first-order chi connectivity index (χ1) is 6.56. The van der Waals surface area contributed by atoms with Crippen molar-refractivity contribution in [1.82, 2.24) is 16.0 Å². The molecule has 4 amide bonds. The van der Waals surface area contributed by atoms with Gasteiger partial charge in [-0.15, -0.1) is 0 Å². The van der Waals surface area contributed by atoms with Crippen LogP contribution in [0, 0.1) is 0 Å². The van der Waals surface area contributed by atoms with Crippen LogP contribution < -0.4 is 16.0 Å². The van der Waals surface area contributed by atoms with E-state index < -0.39 is 23.6 Å². The highest BCUT2D eigenvalue weighted by Gasteiger charge is 2.53. The number of nitrogens with one attached hydrogen (secondary N) is 3. The van der Waals surface area contributed by atoms with Gasteiger partial charge < -0.3 is 10.1 Å². The normalized spacial score (nSPS) is 25.6. The van der Waals surface area contributed by atoms with Crippen LogP contribution in [0.3, 0.4) is 0 Å². The Bertz CT molecular complexity index is 291. The van der Waals surface area contributed by atoms with E-state index in [1.165, 1.54) is 7.11 Å². The summed E-state index contributed by atoms with van der Waals surface area (Å²) in [5, 5.41) is 6.43. The molecule has 7 heteroatoms. The number of hydrogen-bond acceptors (Lipinski definition) is 4. The maximum atomic E-state index is 11.4. The summed E-state index contributed by atoms with van der Waals surface area (Å²) >= 11 is 0. The second-order valence-corrected chi connectivity index (χ2v) is 2.65. The second kappa shape index (κ2) is 3.62. The number of ether oxygens (including phenoxy) is 1. The molecule has 0 spiro atoms. The van der Waals surface area contributed by atoms with Gasteiger partial charge in [0.05, 0.1) is 0 Å². The van der Waals surface area contributed by atoms with Crippen molar-refractivity contribution in [3.8, 4) is 0 Å². The molecule has 0 aromatic carbocycles. The largest absolute Gasteiger partial charge is 0.352 e. The zero-order chi connectivity index (χ0) is 10.8. The van der Waals surface area contributed by atoms with E-state index in [1.807, 2.05) is 5.32 Å². The topological polar surface area (TPSA) is 96.5 Å². The van der Waals surface area contributed by atoms with Crippen LogP contribution in [0.4, 0.5) is 4.79 Å². The number of rotatable bonds is 3. The molecule has 1 unspecified atom stereocenters. The van der Waals surface area contributed by atoms with Crippen LogP contribution in [0.5, 0.6) is 0 Å². The van der Waals surface area contributed by atoms with E-state index in [0.717, 1.165) is 0 Å². The number of carbonyl (C=O) groups is 3. The van der Waals surface area contributed by atoms with Gasteiger partial charge in [-0.2, -0.15) is 0 Å². The molecule has 0 aliphatic carbocycles. The predicted molar refractivity (Wildman–Crippen MR) is 45.1 cm³/mol. The molecule has 7 nitrogen and oxygen atoms in total. The van der Waals surface area contributed by atoms with E-state index in [9.17, 15) is 14.4 Å². The van der Waals surface area contributed by atoms with Crippen molar-refractivity contribution in [2.45, 2.75) is 12.6 Å². The lowest BCUT2D eigenvalue weighted by Gasteiger charge is -2.21. The number of carbonyl (C=O) groups excluding carboxylic acids is 3. The molecular formula is C7H11N3O4. The van der Waals surface area contributed by atoms with Crippen molar-refractivity contribution in [3.05, 3.63) is 0 Å².